The standard InChI is InChI=1S/C25H24N6.ClH/c26-15-19-4-7-25-24(13-19)21(18-29-25)3-1-2-8-30-9-11-31(12-10-30)23-6-5-20(16-27)22(14-23)17-28;/h4-7,13-14,18,29H,1-3,8-12H2;1H. The summed E-state index contributed by atoms with van der Waals surface area (Å²) in [6.07, 6.45) is 5.33. The Bertz CT molecular complexity index is 1200. The molecule has 1 N–H and O–H groups in total. The van der Waals surface area contributed by atoms with E-state index in [1.54, 1.807) is 6.07 Å². The Morgan fingerprint density at radius 3 is 2.34 bits per heavy atom. The number of H-pyrrole nitrogens is 1. The maximum absolute atomic E-state index is 9.24. The summed E-state index contributed by atoms with van der Waals surface area (Å²) in [5, 5.41) is 28.6. The van der Waals surface area contributed by atoms with Gasteiger partial charge in [-0.15, -0.1) is 12.4 Å². The van der Waals surface area contributed by atoms with Gasteiger partial charge in [-0.1, -0.05) is 0 Å². The first kappa shape index (κ1) is 23.2. The van der Waals surface area contributed by atoms with E-state index >= 15 is 0 Å². The van der Waals surface area contributed by atoms with Crippen LogP contribution in [-0.2, 0) is 6.42 Å². The molecule has 1 aliphatic heterocycles. The SMILES string of the molecule is Cl.N#Cc1ccc2[nH]cc(CCCCN3CCN(c4ccc(C#N)c(C#N)c4)CC3)c2c1. The second-order valence-corrected chi connectivity index (χ2v) is 7.93. The Labute approximate surface area is 194 Å². The van der Waals surface area contributed by atoms with E-state index in [1.165, 1.54) is 5.56 Å². The number of fused-ring (bicyclic) bond motifs is 1. The van der Waals surface area contributed by atoms with E-state index in [-0.39, 0.29) is 12.4 Å². The van der Waals surface area contributed by atoms with Gasteiger partial charge in [0.1, 0.15) is 12.1 Å². The number of aromatic amines is 1. The highest BCUT2D eigenvalue weighted by Crippen LogP contribution is 2.22. The summed E-state index contributed by atoms with van der Waals surface area (Å²) in [7, 11) is 0. The Morgan fingerprint density at radius 1 is 0.844 bits per heavy atom. The lowest BCUT2D eigenvalue weighted by Gasteiger charge is -2.36. The van der Waals surface area contributed by atoms with Gasteiger partial charge in [-0.2, -0.15) is 15.8 Å². The van der Waals surface area contributed by atoms with Crippen molar-refractivity contribution < 1.29 is 0 Å². The van der Waals surface area contributed by atoms with Crippen LogP contribution in [0.1, 0.15) is 35.1 Å². The highest BCUT2D eigenvalue weighted by Gasteiger charge is 2.18. The molecule has 1 fully saturated rings. The summed E-state index contributed by atoms with van der Waals surface area (Å²) in [4.78, 5) is 8.09. The number of hydrogen-bond acceptors (Lipinski definition) is 5. The van der Waals surface area contributed by atoms with Crippen molar-refractivity contribution in [2.24, 2.45) is 0 Å². The molecule has 0 amide bonds. The van der Waals surface area contributed by atoms with Crippen molar-refractivity contribution in [2.75, 3.05) is 37.6 Å². The van der Waals surface area contributed by atoms with Crippen LogP contribution in [0, 0.1) is 34.0 Å². The minimum absolute atomic E-state index is 0. The molecule has 0 unspecified atom stereocenters. The third kappa shape index (κ3) is 5.04. The lowest BCUT2D eigenvalue weighted by Crippen LogP contribution is -2.46. The summed E-state index contributed by atoms with van der Waals surface area (Å²) in [6.45, 7) is 4.93. The molecule has 0 aliphatic carbocycles. The van der Waals surface area contributed by atoms with Gasteiger partial charge in [-0.25, -0.2) is 0 Å². The largest absolute Gasteiger partial charge is 0.369 e. The smallest absolute Gasteiger partial charge is 0.101 e. The van der Waals surface area contributed by atoms with Gasteiger partial charge in [0.2, 0.25) is 0 Å². The van der Waals surface area contributed by atoms with Gasteiger partial charge in [0, 0.05) is 49.0 Å². The molecule has 0 saturated carbocycles. The first-order chi connectivity index (χ1) is 15.2. The van der Waals surface area contributed by atoms with Crippen molar-refractivity contribution >= 4 is 29.0 Å². The number of hydrogen-bond donors (Lipinski definition) is 1. The number of benzene rings is 2. The zero-order valence-electron chi connectivity index (χ0n) is 17.8. The molecule has 1 aromatic heterocycles. The fraction of sp³-hybridized carbons (Fsp3) is 0.320. The predicted octanol–water partition coefficient (Wildman–Crippen LogP) is 4.35. The number of nitrogens with zero attached hydrogens (tertiary/aromatic N) is 5. The average Bonchev–Trinajstić information content (AvgIpc) is 3.23. The van der Waals surface area contributed by atoms with Crippen molar-refractivity contribution in [1.82, 2.24) is 9.88 Å². The number of halogens is 1. The number of unbranched alkanes of at least 4 members (excludes halogenated alkanes) is 1. The van der Waals surface area contributed by atoms with Crippen LogP contribution in [0.15, 0.2) is 42.6 Å². The lowest BCUT2D eigenvalue weighted by atomic mass is 10.0. The van der Waals surface area contributed by atoms with Gasteiger partial charge < -0.3 is 9.88 Å². The Balaban J connectivity index is 0.00000289. The van der Waals surface area contributed by atoms with Crippen LogP contribution >= 0.6 is 12.4 Å². The number of anilines is 1. The molecule has 32 heavy (non-hydrogen) atoms. The van der Waals surface area contributed by atoms with Gasteiger partial charge in [0.15, 0.2) is 0 Å². The topological polar surface area (TPSA) is 93.6 Å². The summed E-state index contributed by atoms with van der Waals surface area (Å²) in [6, 6.07) is 17.7. The molecule has 1 saturated heterocycles. The van der Waals surface area contributed by atoms with Crippen LogP contribution in [0.2, 0.25) is 0 Å². The molecule has 0 atom stereocenters. The van der Waals surface area contributed by atoms with Gasteiger partial charge in [0.05, 0.1) is 22.8 Å². The molecular weight excluding hydrogens is 420 g/mol. The third-order valence-corrected chi connectivity index (χ3v) is 6.05. The molecule has 1 aliphatic rings. The number of aryl methyl sites for hydroxylation is 1. The fourth-order valence-electron chi connectivity index (χ4n) is 4.25. The number of rotatable bonds is 6. The predicted molar refractivity (Wildman–Crippen MR) is 128 cm³/mol. The van der Waals surface area contributed by atoms with E-state index in [4.69, 9.17) is 10.5 Å². The molecule has 0 radical (unpaired) electrons. The van der Waals surface area contributed by atoms with E-state index in [9.17, 15) is 5.26 Å². The molecule has 4 rings (SSSR count). The number of aromatic nitrogens is 1. The van der Waals surface area contributed by atoms with Crippen LogP contribution in [0.5, 0.6) is 0 Å². The van der Waals surface area contributed by atoms with Crippen LogP contribution in [0.25, 0.3) is 10.9 Å². The molecule has 162 valence electrons. The van der Waals surface area contributed by atoms with Crippen LogP contribution in [-0.4, -0.2) is 42.6 Å². The third-order valence-electron chi connectivity index (χ3n) is 6.05. The van der Waals surface area contributed by atoms with Crippen molar-refractivity contribution in [2.45, 2.75) is 19.3 Å². The van der Waals surface area contributed by atoms with E-state index in [0.717, 1.165) is 68.6 Å². The van der Waals surface area contributed by atoms with Gasteiger partial charge in [-0.3, -0.25) is 4.90 Å². The minimum atomic E-state index is 0. The average molecular weight is 445 g/mol. The second kappa shape index (κ2) is 10.7. The number of piperazine rings is 1. The van der Waals surface area contributed by atoms with Crippen LogP contribution in [0.4, 0.5) is 5.69 Å². The van der Waals surface area contributed by atoms with Crippen molar-refractivity contribution in [3.05, 3.63) is 64.8 Å². The number of nitriles is 3. The van der Waals surface area contributed by atoms with Gasteiger partial charge in [0.25, 0.3) is 0 Å². The Hall–Kier alpha value is -3.50. The van der Waals surface area contributed by atoms with Crippen molar-refractivity contribution in [3.63, 3.8) is 0 Å². The van der Waals surface area contributed by atoms with E-state index < -0.39 is 0 Å². The monoisotopic (exact) mass is 444 g/mol. The van der Waals surface area contributed by atoms with Crippen molar-refractivity contribution in [3.8, 4) is 18.2 Å². The summed E-state index contributed by atoms with van der Waals surface area (Å²) >= 11 is 0. The molecular formula is C25H25ClN6. The summed E-state index contributed by atoms with van der Waals surface area (Å²) < 4.78 is 0. The highest BCUT2D eigenvalue weighted by atomic mass is 35.5. The lowest BCUT2D eigenvalue weighted by molar-refractivity contribution is 0.253. The molecule has 7 heteroatoms. The second-order valence-electron chi connectivity index (χ2n) is 7.93. The molecule has 6 nitrogen and oxygen atoms in total. The van der Waals surface area contributed by atoms with Gasteiger partial charge >= 0.3 is 0 Å². The van der Waals surface area contributed by atoms with Crippen LogP contribution < -0.4 is 4.90 Å². The zero-order valence-corrected chi connectivity index (χ0v) is 18.7. The molecule has 2 aromatic carbocycles. The number of nitrogens with one attached hydrogen (secondary N) is 1. The molecule has 3 aromatic rings. The van der Waals surface area contributed by atoms with Crippen LogP contribution in [0.3, 0.4) is 0 Å². The maximum atomic E-state index is 9.24. The highest BCUT2D eigenvalue weighted by molar-refractivity contribution is 5.85. The first-order valence-electron chi connectivity index (χ1n) is 10.6. The van der Waals surface area contributed by atoms with E-state index in [0.29, 0.717) is 16.7 Å². The molecule has 0 bridgehead atoms. The van der Waals surface area contributed by atoms with Gasteiger partial charge in [-0.05, 0) is 67.8 Å². The van der Waals surface area contributed by atoms with E-state index in [2.05, 4.69) is 39.2 Å². The zero-order chi connectivity index (χ0) is 21.6. The first-order valence-corrected chi connectivity index (χ1v) is 10.6. The molecule has 0 spiro atoms. The fourth-order valence-corrected chi connectivity index (χ4v) is 4.25. The Morgan fingerprint density at radius 2 is 1.62 bits per heavy atom. The quantitative estimate of drug-likeness (QED) is 0.570. The normalized spacial score (nSPS) is 13.7. The summed E-state index contributed by atoms with van der Waals surface area (Å²) in [5.74, 6) is 0. The van der Waals surface area contributed by atoms with Crippen molar-refractivity contribution in [1.29, 1.82) is 15.8 Å². The minimum Gasteiger partial charge on any atom is -0.369 e. The Kier molecular flexibility index (Phi) is 7.74. The van der Waals surface area contributed by atoms with E-state index in [1.807, 2.05) is 30.3 Å². The summed E-state index contributed by atoms with van der Waals surface area (Å²) in [5.41, 5.74) is 4.98. The maximum Gasteiger partial charge on any atom is 0.101 e. The molecule has 2 heterocycles.